The van der Waals surface area contributed by atoms with Gasteiger partial charge in [-0.1, -0.05) is 26.0 Å². The molecular formula is C18H25N3O3. The van der Waals surface area contributed by atoms with Gasteiger partial charge in [-0.05, 0) is 18.1 Å². The first-order valence-electron chi connectivity index (χ1n) is 8.27. The van der Waals surface area contributed by atoms with Crippen molar-refractivity contribution in [3.05, 3.63) is 30.1 Å². The SMILES string of the molecule is COC(=O)CCN(CC(C)C)C(=O)CCc1nc2ccccc2[nH]1. The number of nitrogens with one attached hydrogen (secondary N) is 1. The van der Waals surface area contributed by atoms with Gasteiger partial charge < -0.3 is 14.6 Å². The molecule has 1 aromatic carbocycles. The maximum atomic E-state index is 12.5. The molecule has 0 saturated carbocycles. The minimum atomic E-state index is -0.297. The summed E-state index contributed by atoms with van der Waals surface area (Å²) in [6.07, 6.45) is 1.15. The van der Waals surface area contributed by atoms with Crippen LogP contribution < -0.4 is 0 Å². The minimum Gasteiger partial charge on any atom is -0.469 e. The van der Waals surface area contributed by atoms with Crippen molar-refractivity contribution in [2.45, 2.75) is 33.1 Å². The quantitative estimate of drug-likeness (QED) is 0.754. The molecule has 1 N–H and O–H groups in total. The van der Waals surface area contributed by atoms with Crippen LogP contribution in [0.1, 0.15) is 32.5 Å². The Hall–Kier alpha value is -2.37. The van der Waals surface area contributed by atoms with Crippen LogP contribution in [-0.4, -0.2) is 46.9 Å². The second-order valence-electron chi connectivity index (χ2n) is 6.26. The molecule has 0 unspecified atom stereocenters. The van der Waals surface area contributed by atoms with Gasteiger partial charge in [0, 0.05) is 25.9 Å². The van der Waals surface area contributed by atoms with E-state index in [9.17, 15) is 9.59 Å². The molecular weight excluding hydrogens is 306 g/mol. The summed E-state index contributed by atoms with van der Waals surface area (Å²) < 4.78 is 4.66. The Kier molecular flexibility index (Phi) is 6.35. The third-order valence-electron chi connectivity index (χ3n) is 3.77. The van der Waals surface area contributed by atoms with Crippen molar-refractivity contribution in [1.82, 2.24) is 14.9 Å². The Labute approximate surface area is 142 Å². The molecule has 0 fully saturated rings. The summed E-state index contributed by atoms with van der Waals surface area (Å²) in [7, 11) is 1.36. The first kappa shape index (κ1) is 18.0. The lowest BCUT2D eigenvalue weighted by Gasteiger charge is -2.24. The third kappa shape index (κ3) is 5.08. The van der Waals surface area contributed by atoms with E-state index < -0.39 is 0 Å². The van der Waals surface area contributed by atoms with Crippen molar-refractivity contribution in [2.24, 2.45) is 5.92 Å². The van der Waals surface area contributed by atoms with Crippen molar-refractivity contribution in [2.75, 3.05) is 20.2 Å². The molecule has 0 atom stereocenters. The first-order chi connectivity index (χ1) is 11.5. The predicted molar refractivity (Wildman–Crippen MR) is 92.5 cm³/mol. The Bertz CT molecular complexity index is 661. The number of benzene rings is 1. The van der Waals surface area contributed by atoms with Gasteiger partial charge in [-0.15, -0.1) is 0 Å². The van der Waals surface area contributed by atoms with Crippen LogP contribution in [0, 0.1) is 5.92 Å². The lowest BCUT2D eigenvalue weighted by molar-refractivity contribution is -0.141. The number of aromatic nitrogens is 2. The van der Waals surface area contributed by atoms with Gasteiger partial charge in [-0.25, -0.2) is 4.98 Å². The van der Waals surface area contributed by atoms with Gasteiger partial charge in [0.2, 0.25) is 5.91 Å². The van der Waals surface area contributed by atoms with Crippen molar-refractivity contribution >= 4 is 22.9 Å². The number of H-pyrrole nitrogens is 1. The second-order valence-corrected chi connectivity index (χ2v) is 6.26. The van der Waals surface area contributed by atoms with Crippen LogP contribution in [-0.2, 0) is 20.7 Å². The number of rotatable bonds is 8. The molecule has 0 aliphatic rings. The van der Waals surface area contributed by atoms with Gasteiger partial charge >= 0.3 is 5.97 Å². The fraction of sp³-hybridized carbons (Fsp3) is 0.500. The molecule has 2 aromatic rings. The molecule has 0 radical (unpaired) electrons. The fourth-order valence-corrected chi connectivity index (χ4v) is 2.59. The van der Waals surface area contributed by atoms with Gasteiger partial charge in [-0.2, -0.15) is 0 Å². The zero-order chi connectivity index (χ0) is 17.5. The molecule has 0 bridgehead atoms. The third-order valence-corrected chi connectivity index (χ3v) is 3.77. The average molecular weight is 331 g/mol. The normalized spacial score (nSPS) is 11.0. The molecule has 0 spiro atoms. The Balaban J connectivity index is 1.94. The maximum absolute atomic E-state index is 12.5. The fourth-order valence-electron chi connectivity index (χ4n) is 2.59. The first-order valence-corrected chi connectivity index (χ1v) is 8.27. The van der Waals surface area contributed by atoms with E-state index in [4.69, 9.17) is 0 Å². The van der Waals surface area contributed by atoms with E-state index in [-0.39, 0.29) is 18.3 Å². The van der Waals surface area contributed by atoms with Crippen LogP contribution in [0.15, 0.2) is 24.3 Å². The Morgan fingerprint density at radius 1 is 1.25 bits per heavy atom. The lowest BCUT2D eigenvalue weighted by atomic mass is 10.1. The van der Waals surface area contributed by atoms with E-state index in [0.717, 1.165) is 16.9 Å². The number of fused-ring (bicyclic) bond motifs is 1. The summed E-state index contributed by atoms with van der Waals surface area (Å²) in [5, 5.41) is 0. The van der Waals surface area contributed by atoms with Gasteiger partial charge in [0.25, 0.3) is 0 Å². The molecule has 1 heterocycles. The molecule has 0 saturated heterocycles. The van der Waals surface area contributed by atoms with E-state index in [0.29, 0.717) is 31.8 Å². The van der Waals surface area contributed by atoms with E-state index in [1.807, 2.05) is 24.3 Å². The van der Waals surface area contributed by atoms with Gasteiger partial charge in [0.15, 0.2) is 0 Å². The minimum absolute atomic E-state index is 0.0352. The average Bonchev–Trinajstić information content (AvgIpc) is 2.98. The number of esters is 1. The monoisotopic (exact) mass is 331 g/mol. The highest BCUT2D eigenvalue weighted by molar-refractivity contribution is 5.78. The Morgan fingerprint density at radius 3 is 2.67 bits per heavy atom. The van der Waals surface area contributed by atoms with E-state index in [2.05, 4.69) is 28.6 Å². The summed E-state index contributed by atoms with van der Waals surface area (Å²) in [5.41, 5.74) is 1.88. The number of aromatic amines is 1. The van der Waals surface area contributed by atoms with Crippen LogP contribution in [0.5, 0.6) is 0 Å². The van der Waals surface area contributed by atoms with Crippen molar-refractivity contribution in [3.63, 3.8) is 0 Å². The summed E-state index contributed by atoms with van der Waals surface area (Å²) in [6, 6.07) is 7.80. The molecule has 0 aliphatic carbocycles. The number of hydrogen-bond acceptors (Lipinski definition) is 4. The van der Waals surface area contributed by atoms with Crippen molar-refractivity contribution in [3.8, 4) is 0 Å². The molecule has 24 heavy (non-hydrogen) atoms. The second kappa shape index (κ2) is 8.47. The predicted octanol–water partition coefficient (Wildman–Crippen LogP) is 2.54. The zero-order valence-corrected chi connectivity index (χ0v) is 14.5. The molecule has 6 heteroatoms. The summed E-state index contributed by atoms with van der Waals surface area (Å²) >= 11 is 0. The number of methoxy groups -OCH3 is 1. The summed E-state index contributed by atoms with van der Waals surface area (Å²) in [5.74, 6) is 0.890. The number of nitrogens with zero attached hydrogens (tertiary/aromatic N) is 2. The number of amides is 1. The number of carbonyl (C=O) groups excluding carboxylic acids is 2. The number of hydrogen-bond donors (Lipinski definition) is 1. The van der Waals surface area contributed by atoms with Crippen LogP contribution in [0.25, 0.3) is 11.0 Å². The van der Waals surface area contributed by atoms with Crippen LogP contribution in [0.2, 0.25) is 0 Å². The molecule has 1 aromatic heterocycles. The van der Waals surface area contributed by atoms with Crippen LogP contribution >= 0.6 is 0 Å². The lowest BCUT2D eigenvalue weighted by Crippen LogP contribution is -2.36. The maximum Gasteiger partial charge on any atom is 0.307 e. The van der Waals surface area contributed by atoms with Gasteiger partial charge in [0.05, 0.1) is 24.6 Å². The topological polar surface area (TPSA) is 75.3 Å². The molecule has 130 valence electrons. The highest BCUT2D eigenvalue weighted by Gasteiger charge is 2.17. The largest absolute Gasteiger partial charge is 0.469 e. The Morgan fingerprint density at radius 2 is 2.00 bits per heavy atom. The molecule has 2 rings (SSSR count). The van der Waals surface area contributed by atoms with Gasteiger partial charge in [-0.3, -0.25) is 9.59 Å². The highest BCUT2D eigenvalue weighted by Crippen LogP contribution is 2.12. The van der Waals surface area contributed by atoms with E-state index in [1.54, 1.807) is 4.90 Å². The van der Waals surface area contributed by atoms with Crippen molar-refractivity contribution < 1.29 is 14.3 Å². The number of carbonyl (C=O) groups is 2. The molecule has 1 amide bonds. The number of ether oxygens (including phenoxy) is 1. The van der Waals surface area contributed by atoms with Crippen molar-refractivity contribution in [1.29, 1.82) is 0 Å². The molecule has 0 aliphatic heterocycles. The number of aryl methyl sites for hydroxylation is 1. The summed E-state index contributed by atoms with van der Waals surface area (Å²) in [6.45, 7) is 5.13. The van der Waals surface area contributed by atoms with Crippen LogP contribution in [0.3, 0.4) is 0 Å². The smallest absolute Gasteiger partial charge is 0.307 e. The van der Waals surface area contributed by atoms with Gasteiger partial charge in [0.1, 0.15) is 5.82 Å². The number of imidazole rings is 1. The highest BCUT2D eigenvalue weighted by atomic mass is 16.5. The van der Waals surface area contributed by atoms with E-state index >= 15 is 0 Å². The zero-order valence-electron chi connectivity index (χ0n) is 14.5. The van der Waals surface area contributed by atoms with Crippen LogP contribution in [0.4, 0.5) is 0 Å². The molecule has 6 nitrogen and oxygen atoms in total. The van der Waals surface area contributed by atoms with E-state index in [1.165, 1.54) is 7.11 Å². The standard InChI is InChI=1S/C18H25N3O3/c1-13(2)12-21(11-10-18(23)24-3)17(22)9-8-16-19-14-6-4-5-7-15(14)20-16/h4-7,13H,8-12H2,1-3H3,(H,19,20). The number of para-hydroxylation sites is 2. The summed E-state index contributed by atoms with van der Waals surface area (Å²) in [4.78, 5) is 33.3.